The highest BCUT2D eigenvalue weighted by Gasteiger charge is 2.43. The number of allylic oxidation sites excluding steroid dienone is 2. The van der Waals surface area contributed by atoms with Gasteiger partial charge in [0.25, 0.3) is 0 Å². The number of carbonyl (C=O) groups is 2. The summed E-state index contributed by atoms with van der Waals surface area (Å²) >= 11 is 0. The molecule has 32 heavy (non-hydrogen) atoms. The summed E-state index contributed by atoms with van der Waals surface area (Å²) < 4.78 is 4.55. The summed E-state index contributed by atoms with van der Waals surface area (Å²) in [7, 11) is 1.34. The average Bonchev–Trinajstić information content (AvgIpc) is 3.31. The van der Waals surface area contributed by atoms with Crippen molar-refractivity contribution in [1.29, 1.82) is 0 Å². The molecule has 0 heterocycles. The fourth-order valence-electron chi connectivity index (χ4n) is 4.92. The number of aliphatic hydroxyl groups excluding tert-OH is 2. The predicted octanol–water partition coefficient (Wildman–Crippen LogP) is 3.46. The van der Waals surface area contributed by atoms with Gasteiger partial charge < -0.3 is 20.3 Å². The van der Waals surface area contributed by atoms with Crippen LogP contribution in [0.2, 0.25) is 0 Å². The van der Waals surface area contributed by atoms with Gasteiger partial charge in [0.15, 0.2) is 0 Å². The van der Waals surface area contributed by atoms with Crippen molar-refractivity contribution in [3.63, 3.8) is 0 Å². The lowest BCUT2D eigenvalue weighted by Crippen LogP contribution is -2.25. The van der Waals surface area contributed by atoms with E-state index in [4.69, 9.17) is 0 Å². The standard InChI is InChI=1S/C26H35NO5/c1-32-26(31)13-14-27-25(30)10-6-5-7-18-15-20-17-24(29)21(22(20)16-18)11-12-23(28)19-8-3-2-4-9-19/h2-4,8-9,11-12,15,20-24,28-29H,5-7,10,13-14,16-17H2,1H3,(H,27,30)/t20-,21+,22-,23+,24+/m0/s1. The third-order valence-electron chi connectivity index (χ3n) is 6.64. The Kier molecular flexibility index (Phi) is 9.06. The van der Waals surface area contributed by atoms with Crippen molar-refractivity contribution in [3.8, 4) is 0 Å². The first-order valence-corrected chi connectivity index (χ1v) is 11.6. The number of carbonyl (C=O) groups excluding carboxylic acids is 2. The van der Waals surface area contributed by atoms with Gasteiger partial charge in [0, 0.05) is 18.9 Å². The Hall–Kier alpha value is -2.44. The zero-order valence-electron chi connectivity index (χ0n) is 18.8. The van der Waals surface area contributed by atoms with Gasteiger partial charge in [-0.1, -0.05) is 54.1 Å². The van der Waals surface area contributed by atoms with Crippen LogP contribution in [0.15, 0.2) is 54.1 Å². The molecule has 0 aliphatic heterocycles. The zero-order chi connectivity index (χ0) is 22.9. The number of ether oxygens (including phenoxy) is 1. The summed E-state index contributed by atoms with van der Waals surface area (Å²) in [6, 6.07) is 9.54. The van der Waals surface area contributed by atoms with Crippen LogP contribution in [0.4, 0.5) is 0 Å². The van der Waals surface area contributed by atoms with Crippen molar-refractivity contribution < 1.29 is 24.5 Å². The fourth-order valence-corrected chi connectivity index (χ4v) is 4.92. The summed E-state index contributed by atoms with van der Waals surface area (Å²) in [4.78, 5) is 22.9. The number of aliphatic hydroxyl groups is 2. The molecule has 5 atom stereocenters. The second-order valence-electron chi connectivity index (χ2n) is 8.86. The molecule has 2 aliphatic carbocycles. The smallest absolute Gasteiger partial charge is 0.307 e. The van der Waals surface area contributed by atoms with E-state index >= 15 is 0 Å². The molecule has 6 heteroatoms. The number of hydrogen-bond acceptors (Lipinski definition) is 5. The van der Waals surface area contributed by atoms with E-state index in [2.05, 4.69) is 16.1 Å². The third-order valence-corrected chi connectivity index (χ3v) is 6.64. The van der Waals surface area contributed by atoms with E-state index in [0.29, 0.717) is 24.8 Å². The van der Waals surface area contributed by atoms with Gasteiger partial charge in [0.1, 0.15) is 0 Å². The molecule has 1 aromatic carbocycles. The second kappa shape index (κ2) is 12.0. The number of rotatable bonds is 11. The molecule has 1 saturated carbocycles. The molecule has 1 fully saturated rings. The quantitative estimate of drug-likeness (QED) is 0.278. The minimum atomic E-state index is -0.657. The number of benzene rings is 1. The second-order valence-corrected chi connectivity index (χ2v) is 8.86. The van der Waals surface area contributed by atoms with Gasteiger partial charge in [-0.05, 0) is 49.5 Å². The molecule has 0 aromatic heterocycles. The Morgan fingerprint density at radius 3 is 2.75 bits per heavy atom. The number of amides is 1. The molecule has 0 unspecified atom stereocenters. The largest absolute Gasteiger partial charge is 0.469 e. The highest BCUT2D eigenvalue weighted by Crippen LogP contribution is 2.48. The van der Waals surface area contributed by atoms with E-state index in [0.717, 1.165) is 37.7 Å². The molecule has 3 rings (SSSR count). The monoisotopic (exact) mass is 441 g/mol. The normalized spacial score (nSPS) is 25.4. The topological polar surface area (TPSA) is 95.9 Å². The van der Waals surface area contributed by atoms with E-state index in [1.807, 2.05) is 42.5 Å². The van der Waals surface area contributed by atoms with Crippen molar-refractivity contribution in [2.45, 2.75) is 57.2 Å². The highest BCUT2D eigenvalue weighted by atomic mass is 16.5. The average molecular weight is 442 g/mol. The molecule has 6 nitrogen and oxygen atoms in total. The minimum Gasteiger partial charge on any atom is -0.469 e. The van der Waals surface area contributed by atoms with E-state index in [9.17, 15) is 19.8 Å². The predicted molar refractivity (Wildman–Crippen MR) is 122 cm³/mol. The van der Waals surface area contributed by atoms with Gasteiger partial charge in [0.2, 0.25) is 5.91 Å². The molecule has 0 bridgehead atoms. The number of esters is 1. The number of nitrogens with one attached hydrogen (secondary N) is 1. The van der Waals surface area contributed by atoms with Gasteiger partial charge in [-0.3, -0.25) is 9.59 Å². The van der Waals surface area contributed by atoms with Crippen LogP contribution in [0.3, 0.4) is 0 Å². The van der Waals surface area contributed by atoms with Crippen molar-refractivity contribution in [2.24, 2.45) is 17.8 Å². The van der Waals surface area contributed by atoms with E-state index in [-0.39, 0.29) is 30.3 Å². The molecule has 1 amide bonds. The molecular weight excluding hydrogens is 406 g/mol. The van der Waals surface area contributed by atoms with Crippen LogP contribution in [-0.2, 0) is 14.3 Å². The maximum absolute atomic E-state index is 11.8. The molecule has 0 spiro atoms. The van der Waals surface area contributed by atoms with Crippen LogP contribution in [0, 0.1) is 17.8 Å². The Balaban J connectivity index is 1.39. The Labute approximate surface area is 190 Å². The summed E-state index contributed by atoms with van der Waals surface area (Å²) in [6.07, 6.45) is 10.3. The van der Waals surface area contributed by atoms with Gasteiger partial charge in [-0.2, -0.15) is 0 Å². The lowest BCUT2D eigenvalue weighted by Gasteiger charge is -2.19. The van der Waals surface area contributed by atoms with Crippen molar-refractivity contribution in [3.05, 3.63) is 59.7 Å². The number of unbranched alkanes of at least 4 members (excludes halogenated alkanes) is 1. The molecular formula is C26H35NO5. The molecule has 3 N–H and O–H groups in total. The number of fused-ring (bicyclic) bond motifs is 1. The zero-order valence-corrected chi connectivity index (χ0v) is 18.8. The van der Waals surface area contributed by atoms with Gasteiger partial charge in [0.05, 0.1) is 25.7 Å². The lowest BCUT2D eigenvalue weighted by atomic mass is 9.88. The van der Waals surface area contributed by atoms with Gasteiger partial charge in [-0.15, -0.1) is 0 Å². The Bertz CT molecular complexity index is 819. The highest BCUT2D eigenvalue weighted by molar-refractivity contribution is 5.76. The Morgan fingerprint density at radius 1 is 1.22 bits per heavy atom. The molecule has 174 valence electrons. The minimum absolute atomic E-state index is 0.0310. The van der Waals surface area contributed by atoms with Gasteiger partial charge >= 0.3 is 5.97 Å². The maximum atomic E-state index is 11.8. The SMILES string of the molecule is COC(=O)CCNC(=O)CCCCC1=C[C@H]2C[C@@H](O)[C@H](C=C[C@@H](O)c3ccccc3)[C@H]2C1. The molecule has 0 radical (unpaired) electrons. The van der Waals surface area contributed by atoms with Crippen LogP contribution in [-0.4, -0.2) is 41.8 Å². The fraction of sp³-hybridized carbons (Fsp3) is 0.538. The number of methoxy groups -OCH3 is 1. The first kappa shape index (κ1) is 24.2. The first-order valence-electron chi connectivity index (χ1n) is 11.6. The summed E-state index contributed by atoms with van der Waals surface area (Å²) in [5.41, 5.74) is 2.27. The van der Waals surface area contributed by atoms with Crippen LogP contribution < -0.4 is 5.32 Å². The van der Waals surface area contributed by atoms with Crippen LogP contribution in [0.1, 0.15) is 56.6 Å². The number of hydrogen-bond donors (Lipinski definition) is 3. The van der Waals surface area contributed by atoms with Crippen LogP contribution in [0.25, 0.3) is 0 Å². The van der Waals surface area contributed by atoms with Crippen molar-refractivity contribution in [1.82, 2.24) is 5.32 Å². The van der Waals surface area contributed by atoms with Crippen molar-refractivity contribution in [2.75, 3.05) is 13.7 Å². The van der Waals surface area contributed by atoms with Crippen LogP contribution in [0.5, 0.6) is 0 Å². The lowest BCUT2D eigenvalue weighted by molar-refractivity contribution is -0.140. The molecule has 1 aromatic rings. The summed E-state index contributed by atoms with van der Waals surface area (Å²) in [5, 5.41) is 23.7. The van der Waals surface area contributed by atoms with Crippen molar-refractivity contribution >= 4 is 11.9 Å². The molecule has 0 saturated heterocycles. The van der Waals surface area contributed by atoms with E-state index in [1.54, 1.807) is 0 Å². The Morgan fingerprint density at radius 2 is 2.00 bits per heavy atom. The van der Waals surface area contributed by atoms with Crippen LogP contribution >= 0.6 is 0 Å². The maximum Gasteiger partial charge on any atom is 0.307 e. The summed E-state index contributed by atoms with van der Waals surface area (Å²) in [5.74, 6) is 0.493. The first-order chi connectivity index (χ1) is 15.5. The summed E-state index contributed by atoms with van der Waals surface area (Å²) in [6.45, 7) is 0.316. The van der Waals surface area contributed by atoms with Gasteiger partial charge in [-0.25, -0.2) is 0 Å². The molecule has 2 aliphatic rings. The van der Waals surface area contributed by atoms with E-state index < -0.39 is 6.10 Å². The van der Waals surface area contributed by atoms with E-state index in [1.165, 1.54) is 12.7 Å². The third kappa shape index (κ3) is 6.78.